The van der Waals surface area contributed by atoms with E-state index in [1.165, 1.54) is 21.3 Å². The zero-order valence-electron chi connectivity index (χ0n) is 15.7. The SMILES string of the molecule is COc1cc(OC)c(OC)cc1/C=C/c1nc2sc(C(=O)O)c(C)c2c(=O)[nH]1. The number of aryl methyl sites for hydroxylation is 1. The molecule has 1 aromatic carbocycles. The Morgan fingerprint density at radius 2 is 1.75 bits per heavy atom. The average molecular weight is 402 g/mol. The number of nitrogens with one attached hydrogen (secondary N) is 1. The molecule has 2 heterocycles. The molecule has 0 aliphatic rings. The highest BCUT2D eigenvalue weighted by Gasteiger charge is 2.18. The van der Waals surface area contributed by atoms with Gasteiger partial charge >= 0.3 is 5.97 Å². The molecule has 2 aromatic heterocycles. The van der Waals surface area contributed by atoms with E-state index in [2.05, 4.69) is 9.97 Å². The number of aromatic carboxylic acids is 1. The van der Waals surface area contributed by atoms with Gasteiger partial charge in [0.2, 0.25) is 0 Å². The van der Waals surface area contributed by atoms with Crippen molar-refractivity contribution in [2.24, 2.45) is 0 Å². The molecule has 0 unspecified atom stereocenters. The van der Waals surface area contributed by atoms with Crippen LogP contribution in [0.2, 0.25) is 0 Å². The number of thiophene rings is 1. The van der Waals surface area contributed by atoms with Gasteiger partial charge in [-0.05, 0) is 30.7 Å². The summed E-state index contributed by atoms with van der Waals surface area (Å²) in [4.78, 5) is 31.2. The van der Waals surface area contributed by atoms with Gasteiger partial charge in [-0.1, -0.05) is 0 Å². The first kappa shape index (κ1) is 19.4. The fraction of sp³-hybridized carbons (Fsp3) is 0.211. The number of carboxylic acid groups (broad SMARTS) is 1. The number of fused-ring (bicyclic) bond motifs is 1. The largest absolute Gasteiger partial charge is 0.496 e. The van der Waals surface area contributed by atoms with Gasteiger partial charge in [0.15, 0.2) is 11.5 Å². The maximum Gasteiger partial charge on any atom is 0.346 e. The lowest BCUT2D eigenvalue weighted by molar-refractivity contribution is 0.0701. The van der Waals surface area contributed by atoms with Crippen molar-refractivity contribution in [1.82, 2.24) is 9.97 Å². The van der Waals surface area contributed by atoms with Crippen LogP contribution in [-0.4, -0.2) is 42.4 Å². The molecule has 8 nitrogen and oxygen atoms in total. The molecule has 0 fully saturated rings. The highest BCUT2D eigenvalue weighted by Crippen LogP contribution is 2.35. The predicted octanol–water partition coefficient (Wildman–Crippen LogP) is 3.19. The molecular weight excluding hydrogens is 384 g/mol. The number of methoxy groups -OCH3 is 3. The summed E-state index contributed by atoms with van der Waals surface area (Å²) in [5.74, 6) is 0.830. The first-order valence-electron chi connectivity index (χ1n) is 8.14. The van der Waals surface area contributed by atoms with Crippen LogP contribution in [0.15, 0.2) is 16.9 Å². The molecule has 0 saturated heterocycles. The summed E-state index contributed by atoms with van der Waals surface area (Å²) in [6, 6.07) is 3.43. The molecule has 0 aliphatic carbocycles. The van der Waals surface area contributed by atoms with Crippen molar-refractivity contribution in [3.8, 4) is 17.2 Å². The second kappa shape index (κ2) is 7.73. The summed E-state index contributed by atoms with van der Waals surface area (Å²) in [6.07, 6.45) is 3.32. The van der Waals surface area contributed by atoms with E-state index >= 15 is 0 Å². The Morgan fingerprint density at radius 3 is 2.36 bits per heavy atom. The molecule has 2 N–H and O–H groups in total. The number of carboxylic acids is 1. The van der Waals surface area contributed by atoms with Gasteiger partial charge in [0.05, 0.1) is 26.7 Å². The molecule has 0 spiro atoms. The molecule has 28 heavy (non-hydrogen) atoms. The third-order valence-corrected chi connectivity index (χ3v) is 5.34. The highest BCUT2D eigenvalue weighted by molar-refractivity contribution is 7.20. The zero-order chi connectivity index (χ0) is 20.4. The third-order valence-electron chi connectivity index (χ3n) is 4.17. The van der Waals surface area contributed by atoms with E-state index in [9.17, 15) is 14.7 Å². The molecule has 0 radical (unpaired) electrons. The first-order valence-corrected chi connectivity index (χ1v) is 8.96. The average Bonchev–Trinajstić information content (AvgIpc) is 3.02. The fourth-order valence-corrected chi connectivity index (χ4v) is 3.82. The van der Waals surface area contributed by atoms with E-state index < -0.39 is 5.97 Å². The van der Waals surface area contributed by atoms with Crippen LogP contribution in [0.1, 0.15) is 26.6 Å². The molecule has 0 atom stereocenters. The van der Waals surface area contributed by atoms with Crippen molar-refractivity contribution < 1.29 is 24.1 Å². The quantitative estimate of drug-likeness (QED) is 0.651. The van der Waals surface area contributed by atoms with Gasteiger partial charge in [0, 0.05) is 11.6 Å². The van der Waals surface area contributed by atoms with Gasteiger partial charge in [-0.3, -0.25) is 4.79 Å². The van der Waals surface area contributed by atoms with Crippen LogP contribution in [0.4, 0.5) is 0 Å². The van der Waals surface area contributed by atoms with Gasteiger partial charge in [0.25, 0.3) is 5.56 Å². The fourth-order valence-electron chi connectivity index (χ4n) is 2.80. The lowest BCUT2D eigenvalue weighted by atomic mass is 10.1. The van der Waals surface area contributed by atoms with E-state index in [1.807, 2.05) is 0 Å². The number of rotatable bonds is 6. The predicted molar refractivity (Wildman–Crippen MR) is 107 cm³/mol. The molecular formula is C19H18N2O6S. The minimum absolute atomic E-state index is 0.107. The van der Waals surface area contributed by atoms with E-state index in [0.29, 0.717) is 44.4 Å². The van der Waals surface area contributed by atoms with E-state index in [4.69, 9.17) is 14.2 Å². The summed E-state index contributed by atoms with van der Waals surface area (Å²) >= 11 is 0.975. The second-order valence-electron chi connectivity index (χ2n) is 5.78. The lowest BCUT2D eigenvalue weighted by Gasteiger charge is -2.12. The van der Waals surface area contributed by atoms with Gasteiger partial charge in [-0.25, -0.2) is 9.78 Å². The van der Waals surface area contributed by atoms with Crippen LogP contribution in [0, 0.1) is 6.92 Å². The van der Waals surface area contributed by atoms with Crippen LogP contribution < -0.4 is 19.8 Å². The lowest BCUT2D eigenvalue weighted by Crippen LogP contribution is -2.09. The molecule has 146 valence electrons. The van der Waals surface area contributed by atoms with Crippen molar-refractivity contribution in [3.05, 3.63) is 44.3 Å². The number of aromatic nitrogens is 2. The van der Waals surface area contributed by atoms with E-state index in [0.717, 1.165) is 11.3 Å². The Balaban J connectivity index is 2.06. The van der Waals surface area contributed by atoms with Crippen molar-refractivity contribution in [1.29, 1.82) is 0 Å². The number of hydrogen-bond donors (Lipinski definition) is 2. The molecule has 3 aromatic rings. The van der Waals surface area contributed by atoms with Crippen LogP contribution in [0.3, 0.4) is 0 Å². The van der Waals surface area contributed by atoms with Crippen molar-refractivity contribution in [3.63, 3.8) is 0 Å². The number of nitrogens with zero attached hydrogens (tertiary/aromatic N) is 1. The molecule has 3 rings (SSSR count). The topological polar surface area (TPSA) is 111 Å². The van der Waals surface area contributed by atoms with Crippen molar-refractivity contribution in [2.45, 2.75) is 6.92 Å². The molecule has 9 heteroatoms. The number of carbonyl (C=O) groups is 1. The number of benzene rings is 1. The molecule has 0 amide bonds. The maximum atomic E-state index is 12.4. The first-order chi connectivity index (χ1) is 13.4. The van der Waals surface area contributed by atoms with Crippen molar-refractivity contribution >= 4 is 39.7 Å². The second-order valence-corrected chi connectivity index (χ2v) is 6.77. The summed E-state index contributed by atoms with van der Waals surface area (Å²) in [5.41, 5.74) is 0.722. The normalized spacial score (nSPS) is 11.1. The summed E-state index contributed by atoms with van der Waals surface area (Å²) in [7, 11) is 4.60. The third kappa shape index (κ3) is 3.44. The van der Waals surface area contributed by atoms with E-state index in [1.54, 1.807) is 31.2 Å². The van der Waals surface area contributed by atoms with Crippen LogP contribution in [-0.2, 0) is 0 Å². The monoisotopic (exact) mass is 402 g/mol. The Labute approximate surface area is 164 Å². The molecule has 0 saturated carbocycles. The minimum Gasteiger partial charge on any atom is -0.496 e. The Hall–Kier alpha value is -3.33. The summed E-state index contributed by atoms with van der Waals surface area (Å²) in [5, 5.41) is 9.54. The number of aromatic amines is 1. The number of hydrogen-bond acceptors (Lipinski definition) is 7. The molecule has 0 aliphatic heterocycles. The smallest absolute Gasteiger partial charge is 0.346 e. The van der Waals surface area contributed by atoms with Crippen molar-refractivity contribution in [2.75, 3.05) is 21.3 Å². The number of H-pyrrole nitrogens is 1. The highest BCUT2D eigenvalue weighted by atomic mass is 32.1. The minimum atomic E-state index is -1.08. The summed E-state index contributed by atoms with van der Waals surface area (Å²) in [6.45, 7) is 1.60. The van der Waals surface area contributed by atoms with Gasteiger partial charge in [-0.15, -0.1) is 11.3 Å². The van der Waals surface area contributed by atoms with Gasteiger partial charge in [0.1, 0.15) is 21.3 Å². The van der Waals surface area contributed by atoms with Crippen LogP contribution in [0.5, 0.6) is 17.2 Å². The van der Waals surface area contributed by atoms with E-state index in [-0.39, 0.29) is 10.4 Å². The molecule has 0 bridgehead atoms. The zero-order valence-corrected chi connectivity index (χ0v) is 16.5. The van der Waals surface area contributed by atoms with Gasteiger partial charge in [-0.2, -0.15) is 0 Å². The summed E-state index contributed by atoms with van der Waals surface area (Å²) < 4.78 is 15.9. The van der Waals surface area contributed by atoms with Crippen LogP contribution in [0.25, 0.3) is 22.4 Å². The standard InChI is InChI=1S/C19H18N2O6S/c1-9-15-17(22)20-14(21-18(15)28-16(9)19(23)24)6-5-10-7-12(26-3)13(27-4)8-11(10)25-2/h5-8H,1-4H3,(H,23,24)(H,20,21,22)/b6-5+. The number of ether oxygens (including phenoxy) is 3. The van der Waals surface area contributed by atoms with Gasteiger partial charge < -0.3 is 24.3 Å². The van der Waals surface area contributed by atoms with Crippen LogP contribution >= 0.6 is 11.3 Å². The maximum absolute atomic E-state index is 12.4. The Kier molecular flexibility index (Phi) is 5.36. The Bertz CT molecular complexity index is 1150. The Morgan fingerprint density at radius 1 is 1.11 bits per heavy atom.